The van der Waals surface area contributed by atoms with Gasteiger partial charge in [-0.3, -0.25) is 0 Å². The molecule has 0 fully saturated rings. The highest BCUT2D eigenvalue weighted by Crippen LogP contribution is 2.39. The fraction of sp³-hybridized carbons (Fsp3) is 0.136. The number of benzene rings is 3. The zero-order chi connectivity index (χ0) is 17.8. The third-order valence-corrected chi connectivity index (χ3v) is 5.69. The minimum atomic E-state index is -0.157. The van der Waals surface area contributed by atoms with Crippen LogP contribution in [0.4, 0.5) is 4.79 Å². The molecule has 0 bridgehead atoms. The van der Waals surface area contributed by atoms with Gasteiger partial charge in [0.05, 0.1) is 6.04 Å². The molecule has 2 N–H and O–H groups in total. The van der Waals surface area contributed by atoms with E-state index in [-0.39, 0.29) is 12.1 Å². The quantitative estimate of drug-likeness (QED) is 0.699. The molecular weight excluding hydrogens is 340 g/mol. The number of carbonyl (C=O) groups is 1. The fourth-order valence-corrected chi connectivity index (χ4v) is 4.34. The lowest BCUT2D eigenvalue weighted by Crippen LogP contribution is -2.38. The SMILES string of the molecule is O=C(NCc1ccccc1)NC1c2ccccc2CSc2ccccc21. The number of nitrogens with one attached hydrogen (secondary N) is 2. The van der Waals surface area contributed by atoms with E-state index in [4.69, 9.17) is 0 Å². The molecule has 4 rings (SSSR count). The van der Waals surface area contributed by atoms with Gasteiger partial charge in [0.2, 0.25) is 0 Å². The standard InChI is InChI=1S/C22H20N2OS/c25-22(23-14-16-8-2-1-3-9-16)24-21-18-11-5-4-10-17(18)15-26-20-13-7-6-12-19(20)21/h1-13,21H,14-15H2,(H2,23,24,25). The Morgan fingerprint density at radius 1 is 0.885 bits per heavy atom. The molecule has 0 saturated heterocycles. The van der Waals surface area contributed by atoms with Crippen LogP contribution in [-0.4, -0.2) is 6.03 Å². The Kier molecular flexibility index (Phi) is 4.93. The van der Waals surface area contributed by atoms with Crippen molar-refractivity contribution in [3.8, 4) is 0 Å². The van der Waals surface area contributed by atoms with Gasteiger partial charge in [0.25, 0.3) is 0 Å². The molecule has 0 aromatic heterocycles. The molecule has 2 amide bonds. The summed E-state index contributed by atoms with van der Waals surface area (Å²) in [6.45, 7) is 0.511. The Hall–Kier alpha value is -2.72. The second kappa shape index (κ2) is 7.67. The maximum atomic E-state index is 12.6. The summed E-state index contributed by atoms with van der Waals surface area (Å²) in [5.41, 5.74) is 4.67. The van der Waals surface area contributed by atoms with Crippen molar-refractivity contribution in [1.29, 1.82) is 0 Å². The molecule has 4 heteroatoms. The molecule has 0 spiro atoms. The van der Waals surface area contributed by atoms with Crippen LogP contribution in [0.2, 0.25) is 0 Å². The summed E-state index contributed by atoms with van der Waals surface area (Å²) in [6.07, 6.45) is 0. The molecule has 0 radical (unpaired) electrons. The maximum absolute atomic E-state index is 12.6. The molecule has 26 heavy (non-hydrogen) atoms. The van der Waals surface area contributed by atoms with Crippen molar-refractivity contribution >= 4 is 17.8 Å². The van der Waals surface area contributed by atoms with Gasteiger partial charge in [0.1, 0.15) is 0 Å². The number of carbonyl (C=O) groups excluding carboxylic acids is 1. The van der Waals surface area contributed by atoms with E-state index in [1.807, 2.05) is 60.3 Å². The van der Waals surface area contributed by atoms with Gasteiger partial charge >= 0.3 is 6.03 Å². The van der Waals surface area contributed by atoms with Crippen molar-refractivity contribution in [2.45, 2.75) is 23.2 Å². The van der Waals surface area contributed by atoms with E-state index in [1.165, 1.54) is 16.0 Å². The van der Waals surface area contributed by atoms with E-state index in [0.717, 1.165) is 16.9 Å². The number of hydrogen-bond donors (Lipinski definition) is 2. The molecule has 0 aliphatic carbocycles. The highest BCUT2D eigenvalue weighted by atomic mass is 32.2. The average Bonchev–Trinajstić information content (AvgIpc) is 2.85. The summed E-state index contributed by atoms with van der Waals surface area (Å²) in [5, 5.41) is 6.15. The van der Waals surface area contributed by atoms with E-state index >= 15 is 0 Å². The van der Waals surface area contributed by atoms with Crippen LogP contribution in [0, 0.1) is 0 Å². The second-order valence-electron chi connectivity index (χ2n) is 6.27. The average molecular weight is 360 g/mol. The van der Waals surface area contributed by atoms with Gasteiger partial charge in [0.15, 0.2) is 0 Å². The zero-order valence-electron chi connectivity index (χ0n) is 14.3. The van der Waals surface area contributed by atoms with Crippen molar-refractivity contribution in [2.24, 2.45) is 0 Å². The first kappa shape index (κ1) is 16.7. The predicted molar refractivity (Wildman–Crippen MR) is 106 cm³/mol. The number of hydrogen-bond acceptors (Lipinski definition) is 2. The molecular formula is C22H20N2OS. The normalized spacial score (nSPS) is 15.3. The second-order valence-corrected chi connectivity index (χ2v) is 7.29. The molecule has 1 unspecified atom stereocenters. The van der Waals surface area contributed by atoms with Gasteiger partial charge in [0, 0.05) is 17.2 Å². The lowest BCUT2D eigenvalue weighted by molar-refractivity contribution is 0.238. The van der Waals surface area contributed by atoms with E-state index in [1.54, 1.807) is 0 Å². The molecule has 1 atom stereocenters. The van der Waals surface area contributed by atoms with Gasteiger partial charge in [-0.25, -0.2) is 4.79 Å². The van der Waals surface area contributed by atoms with E-state index in [0.29, 0.717) is 6.54 Å². The first-order valence-electron chi connectivity index (χ1n) is 8.69. The number of urea groups is 1. The maximum Gasteiger partial charge on any atom is 0.315 e. The van der Waals surface area contributed by atoms with Crippen molar-refractivity contribution in [2.75, 3.05) is 0 Å². The predicted octanol–water partition coefficient (Wildman–Crippen LogP) is 4.88. The van der Waals surface area contributed by atoms with Crippen LogP contribution in [0.3, 0.4) is 0 Å². The Labute approximate surface area is 157 Å². The fourth-order valence-electron chi connectivity index (χ4n) is 3.24. The third kappa shape index (κ3) is 3.60. The molecule has 1 heterocycles. The summed E-state index contributed by atoms with van der Waals surface area (Å²) in [5.74, 6) is 0.914. The minimum absolute atomic E-state index is 0.145. The monoisotopic (exact) mass is 360 g/mol. The highest BCUT2D eigenvalue weighted by Gasteiger charge is 2.24. The first-order valence-corrected chi connectivity index (χ1v) is 9.67. The molecule has 3 aromatic rings. The van der Waals surface area contributed by atoms with Crippen LogP contribution in [-0.2, 0) is 12.3 Å². The van der Waals surface area contributed by atoms with Gasteiger partial charge in [-0.2, -0.15) is 0 Å². The minimum Gasteiger partial charge on any atom is -0.334 e. The molecule has 130 valence electrons. The van der Waals surface area contributed by atoms with Crippen LogP contribution in [0.15, 0.2) is 83.8 Å². The molecule has 1 aliphatic heterocycles. The zero-order valence-corrected chi connectivity index (χ0v) is 15.1. The van der Waals surface area contributed by atoms with Crippen LogP contribution in [0.5, 0.6) is 0 Å². The molecule has 3 nitrogen and oxygen atoms in total. The van der Waals surface area contributed by atoms with Crippen molar-refractivity contribution in [3.63, 3.8) is 0 Å². The number of fused-ring (bicyclic) bond motifs is 2. The van der Waals surface area contributed by atoms with Gasteiger partial charge in [-0.1, -0.05) is 72.8 Å². The van der Waals surface area contributed by atoms with Crippen LogP contribution in [0.25, 0.3) is 0 Å². The topological polar surface area (TPSA) is 41.1 Å². The largest absolute Gasteiger partial charge is 0.334 e. The van der Waals surface area contributed by atoms with Gasteiger partial charge < -0.3 is 10.6 Å². The molecule has 1 aliphatic rings. The Morgan fingerprint density at radius 2 is 1.58 bits per heavy atom. The summed E-state index contributed by atoms with van der Waals surface area (Å²) in [6, 6.07) is 26.3. The Bertz CT molecular complexity index is 863. The Balaban J connectivity index is 1.57. The van der Waals surface area contributed by atoms with E-state index in [2.05, 4.69) is 41.0 Å². The van der Waals surface area contributed by atoms with Crippen molar-refractivity contribution in [3.05, 3.63) is 101 Å². The number of amides is 2. The number of thioether (sulfide) groups is 1. The van der Waals surface area contributed by atoms with Crippen LogP contribution in [0.1, 0.15) is 28.3 Å². The van der Waals surface area contributed by atoms with Crippen LogP contribution < -0.4 is 10.6 Å². The summed E-state index contributed by atoms with van der Waals surface area (Å²) >= 11 is 1.82. The third-order valence-electron chi connectivity index (χ3n) is 4.55. The summed E-state index contributed by atoms with van der Waals surface area (Å²) < 4.78 is 0. The first-order chi connectivity index (χ1) is 12.8. The summed E-state index contributed by atoms with van der Waals surface area (Å²) in [4.78, 5) is 13.8. The molecule has 0 saturated carbocycles. The Morgan fingerprint density at radius 3 is 2.42 bits per heavy atom. The highest BCUT2D eigenvalue weighted by molar-refractivity contribution is 7.98. The molecule has 3 aromatic carbocycles. The summed E-state index contributed by atoms with van der Waals surface area (Å²) in [7, 11) is 0. The lowest BCUT2D eigenvalue weighted by atomic mass is 9.95. The van der Waals surface area contributed by atoms with Gasteiger partial charge in [-0.05, 0) is 28.3 Å². The van der Waals surface area contributed by atoms with E-state index < -0.39 is 0 Å². The van der Waals surface area contributed by atoms with Gasteiger partial charge in [-0.15, -0.1) is 11.8 Å². The van der Waals surface area contributed by atoms with E-state index in [9.17, 15) is 4.79 Å². The van der Waals surface area contributed by atoms with Crippen LogP contribution >= 0.6 is 11.8 Å². The smallest absolute Gasteiger partial charge is 0.315 e. The van der Waals surface area contributed by atoms with Crippen molar-refractivity contribution in [1.82, 2.24) is 10.6 Å². The van der Waals surface area contributed by atoms with Crippen molar-refractivity contribution < 1.29 is 4.79 Å². The lowest BCUT2D eigenvalue weighted by Gasteiger charge is -2.21. The number of rotatable bonds is 3.